The van der Waals surface area contributed by atoms with Gasteiger partial charge in [-0.2, -0.15) is 5.10 Å². The van der Waals surface area contributed by atoms with E-state index in [2.05, 4.69) is 41.0 Å². The van der Waals surface area contributed by atoms with Crippen molar-refractivity contribution < 1.29 is 4.52 Å². The summed E-state index contributed by atoms with van der Waals surface area (Å²) in [6.07, 6.45) is 5.76. The van der Waals surface area contributed by atoms with Crippen molar-refractivity contribution in [3.8, 4) is 11.3 Å². The molecule has 3 heterocycles. The minimum Gasteiger partial charge on any atom is -0.337 e. The molecule has 1 aromatic carbocycles. The van der Waals surface area contributed by atoms with Gasteiger partial charge >= 0.3 is 5.65 Å². The second-order valence-electron chi connectivity index (χ2n) is 6.07. The second kappa shape index (κ2) is 5.92. The number of aromatic amines is 1. The first kappa shape index (κ1) is 14.6. The number of nitrogens with zero attached hydrogens (tertiary/aromatic N) is 4. The lowest BCUT2D eigenvalue weighted by Crippen LogP contribution is -2.23. The Labute approximate surface area is 140 Å². The first-order valence-electron chi connectivity index (χ1n) is 8.14. The Morgan fingerprint density at radius 1 is 1.04 bits per heavy atom. The number of nitrogens with one attached hydrogen (secondary N) is 1. The van der Waals surface area contributed by atoms with Gasteiger partial charge in [-0.15, -0.1) is 4.52 Å². The number of benzene rings is 1. The van der Waals surface area contributed by atoms with Crippen molar-refractivity contribution >= 4 is 5.65 Å². The van der Waals surface area contributed by atoms with Crippen LogP contribution in [0.3, 0.4) is 0 Å². The zero-order chi connectivity index (χ0) is 16.5. The molecule has 24 heavy (non-hydrogen) atoms. The van der Waals surface area contributed by atoms with Crippen molar-refractivity contribution in [3.05, 3.63) is 72.1 Å². The molecule has 0 atom stereocenters. The largest absolute Gasteiger partial charge is 0.351 e. The first-order chi connectivity index (χ1) is 11.7. The summed E-state index contributed by atoms with van der Waals surface area (Å²) in [5.41, 5.74) is 4.32. The lowest BCUT2D eigenvalue weighted by atomic mass is 10.2. The highest BCUT2D eigenvalue weighted by Gasteiger charge is 2.15. The van der Waals surface area contributed by atoms with Crippen molar-refractivity contribution in [3.63, 3.8) is 0 Å². The smallest absolute Gasteiger partial charge is 0.337 e. The summed E-state index contributed by atoms with van der Waals surface area (Å²) < 4.78 is 4.07. The zero-order valence-corrected chi connectivity index (χ0v) is 13.9. The Bertz CT molecular complexity index is 982. The molecule has 5 nitrogen and oxygen atoms in total. The maximum Gasteiger partial charge on any atom is 0.351 e. The Hall–Kier alpha value is -2.95. The Balaban J connectivity index is 1.55. The summed E-state index contributed by atoms with van der Waals surface area (Å²) in [5, 5.41) is 3.33. The number of H-pyrrole nitrogens is 1. The predicted molar refractivity (Wildman–Crippen MR) is 92.5 cm³/mol. The van der Waals surface area contributed by atoms with Crippen LogP contribution in [0.4, 0.5) is 0 Å². The van der Waals surface area contributed by atoms with Crippen LogP contribution in [0.25, 0.3) is 16.9 Å². The van der Waals surface area contributed by atoms with E-state index in [4.69, 9.17) is 9.97 Å². The lowest BCUT2D eigenvalue weighted by molar-refractivity contribution is -0.578. The van der Waals surface area contributed by atoms with Crippen molar-refractivity contribution in [1.29, 1.82) is 0 Å². The molecule has 0 unspecified atom stereocenters. The molecule has 0 aliphatic heterocycles. The van der Waals surface area contributed by atoms with Crippen molar-refractivity contribution in [2.24, 2.45) is 7.05 Å². The molecule has 4 aromatic rings. The maximum absolute atomic E-state index is 4.78. The minimum atomic E-state index is 0.834. The van der Waals surface area contributed by atoms with Gasteiger partial charge in [-0.25, -0.2) is 4.98 Å². The summed E-state index contributed by atoms with van der Waals surface area (Å²) >= 11 is 0. The highest BCUT2D eigenvalue weighted by molar-refractivity contribution is 5.58. The molecular weight excluding hydrogens is 298 g/mol. The average Bonchev–Trinajstić information content (AvgIpc) is 3.18. The van der Waals surface area contributed by atoms with E-state index >= 15 is 0 Å². The summed E-state index contributed by atoms with van der Waals surface area (Å²) in [5.74, 6) is 2.05. The molecule has 0 radical (unpaired) electrons. The third kappa shape index (κ3) is 2.69. The van der Waals surface area contributed by atoms with Crippen LogP contribution in [-0.2, 0) is 19.9 Å². The summed E-state index contributed by atoms with van der Waals surface area (Å²) in [7, 11) is 2.05. The van der Waals surface area contributed by atoms with Crippen LogP contribution in [0.2, 0.25) is 0 Å². The summed E-state index contributed by atoms with van der Waals surface area (Å²) in [6.45, 7) is 2.07. The van der Waals surface area contributed by atoms with Gasteiger partial charge in [0, 0.05) is 37.2 Å². The van der Waals surface area contributed by atoms with E-state index in [1.54, 1.807) is 0 Å². The number of pyridine rings is 1. The Morgan fingerprint density at radius 2 is 1.88 bits per heavy atom. The van der Waals surface area contributed by atoms with Crippen molar-refractivity contribution in [1.82, 2.24) is 19.6 Å². The molecule has 5 heteroatoms. The van der Waals surface area contributed by atoms with Gasteiger partial charge in [-0.3, -0.25) is 0 Å². The van der Waals surface area contributed by atoms with E-state index in [0.717, 1.165) is 41.4 Å². The number of aromatic nitrogens is 5. The Kier molecular flexibility index (Phi) is 3.61. The standard InChI is InChI=1S/C19H19N5/c1-14-7-6-12-24-19(14)21-17(22-24)10-11-18-20-16(13-23(18)2)15-8-4-3-5-9-15/h3-9,12-13H,10-11H2,1-2H3/p+1. The quantitative estimate of drug-likeness (QED) is 0.588. The van der Waals surface area contributed by atoms with E-state index < -0.39 is 0 Å². The summed E-state index contributed by atoms with van der Waals surface area (Å²) in [4.78, 5) is 9.47. The van der Waals surface area contributed by atoms with Crippen LogP contribution < -0.4 is 4.52 Å². The molecular formula is C19H20N5+. The van der Waals surface area contributed by atoms with Crippen molar-refractivity contribution in [2.45, 2.75) is 19.8 Å². The Morgan fingerprint density at radius 3 is 2.67 bits per heavy atom. The molecule has 4 rings (SSSR count). The fourth-order valence-corrected chi connectivity index (χ4v) is 2.96. The molecule has 0 fully saturated rings. The van der Waals surface area contributed by atoms with Crippen LogP contribution in [0.1, 0.15) is 17.2 Å². The second-order valence-corrected chi connectivity index (χ2v) is 6.07. The molecule has 3 aromatic heterocycles. The van der Waals surface area contributed by atoms with Crippen LogP contribution in [0, 0.1) is 6.92 Å². The topological polar surface area (TPSA) is 50.6 Å². The van der Waals surface area contributed by atoms with Crippen LogP contribution in [0.5, 0.6) is 0 Å². The SMILES string of the molecule is Cc1ccc[n+]2[nH]c(CCc3nc(-c4ccccc4)cn3C)nc12. The van der Waals surface area contributed by atoms with Crippen LogP contribution in [0.15, 0.2) is 54.9 Å². The number of hydrogen-bond donors (Lipinski definition) is 1. The highest BCUT2D eigenvalue weighted by Crippen LogP contribution is 2.18. The van der Waals surface area contributed by atoms with Gasteiger partial charge in [-0.1, -0.05) is 30.3 Å². The van der Waals surface area contributed by atoms with E-state index in [1.807, 2.05) is 42.0 Å². The minimum absolute atomic E-state index is 0.834. The molecule has 0 aliphatic carbocycles. The maximum atomic E-state index is 4.78. The molecule has 0 aliphatic rings. The fourth-order valence-electron chi connectivity index (χ4n) is 2.96. The number of aryl methyl sites for hydroxylation is 4. The van der Waals surface area contributed by atoms with E-state index in [0.29, 0.717) is 0 Å². The highest BCUT2D eigenvalue weighted by atomic mass is 15.3. The zero-order valence-electron chi connectivity index (χ0n) is 13.9. The number of rotatable bonds is 4. The van der Waals surface area contributed by atoms with Gasteiger partial charge in [0.15, 0.2) is 0 Å². The monoisotopic (exact) mass is 318 g/mol. The van der Waals surface area contributed by atoms with E-state index in [1.165, 1.54) is 5.56 Å². The van der Waals surface area contributed by atoms with E-state index in [9.17, 15) is 0 Å². The molecule has 0 saturated heterocycles. The average molecular weight is 318 g/mol. The molecule has 1 N–H and O–H groups in total. The molecule has 0 amide bonds. The first-order valence-corrected chi connectivity index (χ1v) is 8.14. The molecule has 120 valence electrons. The fraction of sp³-hybridized carbons (Fsp3) is 0.211. The number of fused-ring (bicyclic) bond motifs is 1. The van der Waals surface area contributed by atoms with Gasteiger partial charge in [0.25, 0.3) is 5.82 Å². The van der Waals surface area contributed by atoms with Gasteiger partial charge in [0.05, 0.1) is 5.69 Å². The molecule has 0 spiro atoms. The summed E-state index contributed by atoms with van der Waals surface area (Å²) in [6, 6.07) is 14.4. The number of hydrogen-bond acceptors (Lipinski definition) is 2. The van der Waals surface area contributed by atoms with Crippen molar-refractivity contribution in [2.75, 3.05) is 0 Å². The normalized spacial score (nSPS) is 11.2. The molecule has 0 saturated carbocycles. The van der Waals surface area contributed by atoms with Gasteiger partial charge in [0.1, 0.15) is 12.0 Å². The van der Waals surface area contributed by atoms with Crippen LogP contribution in [-0.4, -0.2) is 19.6 Å². The van der Waals surface area contributed by atoms with Gasteiger partial charge < -0.3 is 4.57 Å². The number of imidazole rings is 1. The van der Waals surface area contributed by atoms with Crippen LogP contribution >= 0.6 is 0 Å². The molecule has 0 bridgehead atoms. The third-order valence-corrected chi connectivity index (χ3v) is 4.28. The predicted octanol–water partition coefficient (Wildman–Crippen LogP) is 2.64. The van der Waals surface area contributed by atoms with Gasteiger partial charge in [0.2, 0.25) is 0 Å². The van der Waals surface area contributed by atoms with Gasteiger partial charge in [-0.05, 0) is 24.0 Å². The third-order valence-electron chi connectivity index (χ3n) is 4.28. The lowest BCUT2D eigenvalue weighted by Gasteiger charge is -1.96. The van der Waals surface area contributed by atoms with E-state index in [-0.39, 0.29) is 0 Å².